The first-order valence-electron chi connectivity index (χ1n) is 5.93. The third kappa shape index (κ3) is 3.01. The van der Waals surface area contributed by atoms with E-state index in [1.165, 1.54) is 23.7 Å². The molecule has 2 rings (SSSR count). The van der Waals surface area contributed by atoms with Gasteiger partial charge in [-0.1, -0.05) is 17.5 Å². The molecule has 4 nitrogen and oxygen atoms in total. The highest BCUT2D eigenvalue weighted by Crippen LogP contribution is 2.30. The summed E-state index contributed by atoms with van der Waals surface area (Å²) in [7, 11) is 0. The minimum Gasteiger partial charge on any atom is -0.351 e. The fourth-order valence-electron chi connectivity index (χ4n) is 1.76. The zero-order valence-electron chi connectivity index (χ0n) is 11.0. The lowest BCUT2D eigenvalue weighted by Crippen LogP contribution is -2.20. The van der Waals surface area contributed by atoms with Crippen molar-refractivity contribution in [1.29, 1.82) is 0 Å². The zero-order chi connectivity index (χ0) is 16.3. The van der Waals surface area contributed by atoms with Crippen molar-refractivity contribution in [3.05, 3.63) is 58.1 Å². The molecule has 0 unspecified atom stereocenters. The van der Waals surface area contributed by atoms with E-state index in [0.29, 0.717) is 5.56 Å². The van der Waals surface area contributed by atoms with Crippen molar-refractivity contribution in [2.24, 2.45) is 0 Å². The van der Waals surface area contributed by atoms with Crippen LogP contribution in [0.25, 0.3) is 0 Å². The average molecular weight is 323 g/mol. The minimum absolute atomic E-state index is 0.162. The molecule has 7 heteroatoms. The molecule has 0 heterocycles. The minimum atomic E-state index is -1.28. The summed E-state index contributed by atoms with van der Waals surface area (Å²) in [5.74, 6) is -1.07. The molecule has 2 aromatic rings. The molecule has 0 saturated carbocycles. The first kappa shape index (κ1) is 15.8. The Bertz CT molecular complexity index is 788. The summed E-state index contributed by atoms with van der Waals surface area (Å²) >= 11 is 5.99. The first-order valence-corrected chi connectivity index (χ1v) is 6.31. The average Bonchev–Trinajstić information content (AvgIpc) is 2.52. The number of hydrogen-bond donors (Lipinski definition) is 3. The van der Waals surface area contributed by atoms with E-state index in [0.717, 1.165) is 12.1 Å². The van der Waals surface area contributed by atoms with Crippen molar-refractivity contribution in [1.82, 2.24) is 5.48 Å². The molecule has 0 bridgehead atoms. The number of benzene rings is 2. The van der Waals surface area contributed by atoms with Crippen LogP contribution in [0, 0.1) is 24.0 Å². The van der Waals surface area contributed by atoms with Crippen LogP contribution in [-0.2, 0) is 0 Å². The van der Waals surface area contributed by atoms with E-state index in [4.69, 9.17) is 23.2 Å². The van der Waals surface area contributed by atoms with Crippen molar-refractivity contribution in [2.45, 2.75) is 0 Å². The highest BCUT2D eigenvalue weighted by atomic mass is 35.5. The summed E-state index contributed by atoms with van der Waals surface area (Å²) in [4.78, 5) is 11.5. The Kier molecular flexibility index (Phi) is 4.61. The van der Waals surface area contributed by atoms with Gasteiger partial charge in [-0.25, -0.2) is 14.3 Å². The molecular weight excluding hydrogens is 314 g/mol. The van der Waals surface area contributed by atoms with Gasteiger partial charge in [0.1, 0.15) is 0 Å². The molecule has 0 fully saturated rings. The number of nitrogens with one attached hydrogen (secondary N) is 2. The number of amides is 1. The lowest BCUT2D eigenvalue weighted by atomic mass is 10.1. The number of carbonyl (C=O) groups excluding carboxylic acids is 1. The van der Waals surface area contributed by atoms with Gasteiger partial charge in [-0.05, 0) is 30.3 Å². The third-order valence-corrected chi connectivity index (χ3v) is 3.15. The molecule has 0 aliphatic carbocycles. The molecule has 3 N–H and O–H groups in total. The van der Waals surface area contributed by atoms with Crippen molar-refractivity contribution in [3.8, 4) is 12.3 Å². The molecule has 0 atom stereocenters. The summed E-state index contributed by atoms with van der Waals surface area (Å²) < 4.78 is 27.3. The monoisotopic (exact) mass is 322 g/mol. The van der Waals surface area contributed by atoms with Gasteiger partial charge in [0, 0.05) is 5.56 Å². The van der Waals surface area contributed by atoms with Crippen molar-refractivity contribution >= 4 is 28.9 Å². The van der Waals surface area contributed by atoms with Crippen LogP contribution in [0.1, 0.15) is 15.9 Å². The largest absolute Gasteiger partial charge is 0.351 e. The molecule has 0 aliphatic heterocycles. The maximum atomic E-state index is 13.9. The maximum absolute atomic E-state index is 13.9. The number of rotatable bonds is 3. The smallest absolute Gasteiger partial charge is 0.276 e. The molecule has 22 heavy (non-hydrogen) atoms. The predicted octanol–water partition coefficient (Wildman–Crippen LogP) is 3.46. The van der Waals surface area contributed by atoms with Gasteiger partial charge in [-0.15, -0.1) is 6.42 Å². The van der Waals surface area contributed by atoms with Crippen LogP contribution in [0.5, 0.6) is 0 Å². The van der Waals surface area contributed by atoms with Gasteiger partial charge in [0.15, 0.2) is 11.6 Å². The van der Waals surface area contributed by atoms with Gasteiger partial charge in [0.05, 0.1) is 22.0 Å². The van der Waals surface area contributed by atoms with Crippen LogP contribution in [0.2, 0.25) is 5.02 Å². The van der Waals surface area contributed by atoms with Crippen molar-refractivity contribution in [2.75, 3.05) is 5.32 Å². The molecule has 0 aromatic heterocycles. The van der Waals surface area contributed by atoms with E-state index in [9.17, 15) is 13.6 Å². The number of halogens is 3. The van der Waals surface area contributed by atoms with E-state index in [1.54, 1.807) is 0 Å². The number of carbonyl (C=O) groups is 1. The second-order valence-corrected chi connectivity index (χ2v) is 4.60. The Morgan fingerprint density at radius 2 is 2.00 bits per heavy atom. The highest BCUT2D eigenvalue weighted by Gasteiger charge is 2.19. The zero-order valence-corrected chi connectivity index (χ0v) is 11.7. The molecule has 0 aliphatic rings. The fourth-order valence-corrected chi connectivity index (χ4v) is 1.99. The van der Waals surface area contributed by atoms with Gasteiger partial charge >= 0.3 is 0 Å². The Morgan fingerprint density at radius 1 is 1.27 bits per heavy atom. The van der Waals surface area contributed by atoms with Gasteiger partial charge in [0.2, 0.25) is 0 Å². The second-order valence-electron chi connectivity index (χ2n) is 4.19. The number of anilines is 2. The van der Waals surface area contributed by atoms with Crippen LogP contribution in [-0.4, -0.2) is 11.1 Å². The topological polar surface area (TPSA) is 61.4 Å². The summed E-state index contributed by atoms with van der Waals surface area (Å²) in [6.07, 6.45) is 5.23. The van der Waals surface area contributed by atoms with Gasteiger partial charge in [0.25, 0.3) is 5.91 Å². The second kappa shape index (κ2) is 6.43. The Hall–Kier alpha value is -2.62. The molecule has 0 saturated heterocycles. The van der Waals surface area contributed by atoms with Gasteiger partial charge in [-0.2, -0.15) is 0 Å². The first-order chi connectivity index (χ1) is 10.5. The molecule has 0 radical (unpaired) electrons. The van der Waals surface area contributed by atoms with Crippen LogP contribution in [0.3, 0.4) is 0 Å². The van der Waals surface area contributed by atoms with E-state index in [1.807, 2.05) is 0 Å². The Morgan fingerprint density at radius 3 is 2.59 bits per heavy atom. The predicted molar refractivity (Wildman–Crippen MR) is 78.3 cm³/mol. The van der Waals surface area contributed by atoms with Gasteiger partial charge < -0.3 is 5.32 Å². The normalized spacial score (nSPS) is 9.95. The fraction of sp³-hybridized carbons (Fsp3) is 0. The van der Waals surface area contributed by atoms with Crippen molar-refractivity contribution in [3.63, 3.8) is 0 Å². The number of hydrogen-bond acceptors (Lipinski definition) is 3. The summed E-state index contributed by atoms with van der Waals surface area (Å²) in [5, 5.41) is 11.4. The lowest BCUT2D eigenvalue weighted by Gasteiger charge is -2.13. The van der Waals surface area contributed by atoms with Crippen LogP contribution in [0.4, 0.5) is 20.2 Å². The van der Waals surface area contributed by atoms with E-state index in [2.05, 4.69) is 11.2 Å². The maximum Gasteiger partial charge on any atom is 0.276 e. The van der Waals surface area contributed by atoms with E-state index in [-0.39, 0.29) is 16.3 Å². The van der Waals surface area contributed by atoms with E-state index < -0.39 is 23.2 Å². The summed E-state index contributed by atoms with van der Waals surface area (Å²) in [6.45, 7) is 0. The Balaban J connectivity index is 2.51. The SMILES string of the molecule is C#Cc1ccc(Nc2c(C(=O)NO)ccc(F)c2F)c(Cl)c1. The number of terminal acetylenes is 1. The highest BCUT2D eigenvalue weighted by molar-refractivity contribution is 6.33. The molecule has 112 valence electrons. The van der Waals surface area contributed by atoms with E-state index >= 15 is 0 Å². The molecule has 1 amide bonds. The summed E-state index contributed by atoms with van der Waals surface area (Å²) in [6, 6.07) is 6.25. The van der Waals surface area contributed by atoms with Gasteiger partial charge in [-0.3, -0.25) is 10.0 Å². The quantitative estimate of drug-likeness (QED) is 0.461. The summed E-state index contributed by atoms with van der Waals surface area (Å²) in [5.41, 5.74) is 1.33. The Labute approximate surface area is 129 Å². The van der Waals surface area contributed by atoms with Crippen LogP contribution >= 0.6 is 11.6 Å². The lowest BCUT2D eigenvalue weighted by molar-refractivity contribution is 0.0707. The third-order valence-electron chi connectivity index (χ3n) is 2.84. The van der Waals surface area contributed by atoms with Crippen LogP contribution in [0.15, 0.2) is 30.3 Å². The molecule has 0 spiro atoms. The standard InChI is InChI=1S/C15H9ClF2N2O2/c1-2-8-3-6-12(10(16)7-8)19-14-9(15(21)20-22)4-5-11(17)13(14)18/h1,3-7,19,22H,(H,20,21). The molecule has 2 aromatic carbocycles. The molecular formula is C15H9ClF2N2O2. The number of hydroxylamine groups is 1. The van der Waals surface area contributed by atoms with Crippen LogP contribution < -0.4 is 10.8 Å². The van der Waals surface area contributed by atoms with Crippen molar-refractivity contribution < 1.29 is 18.8 Å².